The van der Waals surface area contributed by atoms with Crippen molar-refractivity contribution in [3.8, 4) is 0 Å². The van der Waals surface area contributed by atoms with Crippen LogP contribution < -0.4 is 0 Å². The number of fused-ring (bicyclic) bond motifs is 3. The van der Waals surface area contributed by atoms with Gasteiger partial charge in [0.05, 0.1) is 30.5 Å². The van der Waals surface area contributed by atoms with Crippen LogP contribution in [0.2, 0.25) is 0 Å². The third-order valence-corrected chi connectivity index (χ3v) is 16.0. The molecular weight excluding hydrogens is 918 g/mol. The van der Waals surface area contributed by atoms with Gasteiger partial charge in [0.2, 0.25) is 5.79 Å². The van der Waals surface area contributed by atoms with Gasteiger partial charge in [-0.3, -0.25) is 18.9 Å². The summed E-state index contributed by atoms with van der Waals surface area (Å²) in [5.74, 6) is -6.95. The lowest BCUT2D eigenvalue weighted by atomic mass is 9.78. The van der Waals surface area contributed by atoms with Gasteiger partial charge in [-0.2, -0.15) is 0 Å². The molecule has 0 spiro atoms. The highest BCUT2D eigenvalue weighted by atomic mass is 31.2. The number of cyclic esters (lactones) is 1. The van der Waals surface area contributed by atoms with Gasteiger partial charge in [0.1, 0.15) is 24.4 Å². The van der Waals surface area contributed by atoms with E-state index in [9.17, 15) is 34.0 Å². The number of aliphatic hydroxyl groups excluding tert-OH is 1. The molecular formula is C54H88NO14P. The van der Waals surface area contributed by atoms with Crippen molar-refractivity contribution in [3.63, 3.8) is 0 Å². The Hall–Kier alpha value is -2.85. The van der Waals surface area contributed by atoms with Crippen LogP contribution in [0, 0.1) is 35.5 Å². The molecule has 0 aromatic carbocycles. The number of hydrogen-bond donors (Lipinski definition) is 2. The monoisotopic (exact) mass is 1010 g/mol. The van der Waals surface area contributed by atoms with E-state index < -0.39 is 85.3 Å². The number of rotatable bonds is 9. The van der Waals surface area contributed by atoms with Crippen LogP contribution in [0.1, 0.15) is 126 Å². The number of esters is 1. The molecule has 4 aliphatic rings. The molecule has 1 saturated carbocycles. The van der Waals surface area contributed by atoms with E-state index in [1.54, 1.807) is 34.5 Å². The Bertz CT molecular complexity index is 1910. The number of ether oxygens (including phenoxy) is 6. The Morgan fingerprint density at radius 1 is 0.814 bits per heavy atom. The molecule has 0 radical (unpaired) electrons. The summed E-state index contributed by atoms with van der Waals surface area (Å²) in [4.78, 5) is 58.5. The Labute approximate surface area is 418 Å². The van der Waals surface area contributed by atoms with Crippen LogP contribution >= 0.6 is 7.37 Å². The summed E-state index contributed by atoms with van der Waals surface area (Å²) in [6.07, 6.45) is 12.5. The van der Waals surface area contributed by atoms with Crippen molar-refractivity contribution in [2.75, 3.05) is 48.3 Å². The molecule has 2 saturated heterocycles. The third kappa shape index (κ3) is 16.3. The Kier molecular flexibility index (Phi) is 23.4. The quantitative estimate of drug-likeness (QED) is 0.0972. The summed E-state index contributed by atoms with van der Waals surface area (Å²) in [5.41, 5.74) is 1.59. The van der Waals surface area contributed by atoms with Gasteiger partial charge in [0.25, 0.3) is 11.7 Å². The second-order valence-electron chi connectivity index (χ2n) is 21.3. The van der Waals surface area contributed by atoms with Gasteiger partial charge in [0.15, 0.2) is 13.2 Å². The number of nitrogens with zero attached hydrogens (tertiary/aromatic N) is 1. The molecule has 0 aromatic heterocycles. The summed E-state index contributed by atoms with van der Waals surface area (Å²) in [6.45, 7) is 16.5. The van der Waals surface area contributed by atoms with E-state index in [2.05, 4.69) is 6.92 Å². The number of piperidine rings is 1. The van der Waals surface area contributed by atoms with E-state index >= 15 is 0 Å². The summed E-state index contributed by atoms with van der Waals surface area (Å²) in [5, 5.41) is 24.0. The molecule has 2 bridgehead atoms. The second kappa shape index (κ2) is 27.4. The zero-order valence-corrected chi connectivity index (χ0v) is 45.4. The molecule has 15 nitrogen and oxygen atoms in total. The minimum atomic E-state index is -2.77. The van der Waals surface area contributed by atoms with E-state index in [1.807, 2.05) is 71.1 Å². The molecule has 1 amide bonds. The fourth-order valence-electron chi connectivity index (χ4n) is 11.0. The highest BCUT2D eigenvalue weighted by molar-refractivity contribution is 7.57. The van der Waals surface area contributed by atoms with Gasteiger partial charge in [-0.15, -0.1) is 0 Å². The predicted octanol–water partition coefficient (Wildman–Crippen LogP) is 8.19. The molecule has 1 unspecified atom stereocenters. The molecule has 16 atom stereocenters. The number of allylic oxidation sites excluding steroid dienone is 5. The summed E-state index contributed by atoms with van der Waals surface area (Å²) in [7, 11) is 3.46. The van der Waals surface area contributed by atoms with Crippen LogP contribution in [0.15, 0.2) is 47.6 Å². The number of ketones is 2. The van der Waals surface area contributed by atoms with Crippen molar-refractivity contribution in [1.29, 1.82) is 0 Å². The van der Waals surface area contributed by atoms with Crippen LogP contribution in [0.3, 0.4) is 0 Å². The smallest absolute Gasteiger partial charge is 0.329 e. The number of methoxy groups -OCH3 is 4. The molecule has 398 valence electrons. The predicted molar refractivity (Wildman–Crippen MR) is 269 cm³/mol. The van der Waals surface area contributed by atoms with E-state index in [0.717, 1.165) is 12.0 Å². The van der Waals surface area contributed by atoms with Crippen LogP contribution in [0.5, 0.6) is 0 Å². The Morgan fingerprint density at radius 2 is 1.51 bits per heavy atom. The number of carbonyl (C=O) groups excluding carboxylic acids is 4. The molecule has 0 aromatic rings. The minimum absolute atomic E-state index is 0.0456. The number of aliphatic hydroxyl groups is 2. The summed E-state index contributed by atoms with van der Waals surface area (Å²) >= 11 is 0. The molecule has 3 fully saturated rings. The van der Waals surface area contributed by atoms with Gasteiger partial charge in [-0.1, -0.05) is 71.1 Å². The first-order valence-corrected chi connectivity index (χ1v) is 28.2. The minimum Gasteiger partial charge on any atom is -0.460 e. The lowest BCUT2D eigenvalue weighted by Crippen LogP contribution is -2.61. The maximum atomic E-state index is 14.6. The molecule has 1 aliphatic carbocycles. The topological polar surface area (TPSA) is 194 Å². The van der Waals surface area contributed by atoms with E-state index in [1.165, 1.54) is 19.1 Å². The first-order chi connectivity index (χ1) is 33.0. The normalized spacial score (nSPS) is 39.7. The lowest BCUT2D eigenvalue weighted by Gasteiger charge is -2.43. The maximum Gasteiger partial charge on any atom is 0.329 e. The molecule has 70 heavy (non-hydrogen) atoms. The summed E-state index contributed by atoms with van der Waals surface area (Å²) in [6, 6.07) is -1.11. The van der Waals surface area contributed by atoms with Crippen molar-refractivity contribution in [2.45, 2.75) is 186 Å². The van der Waals surface area contributed by atoms with Gasteiger partial charge in [-0.05, 0) is 107 Å². The fourth-order valence-corrected chi connectivity index (χ4v) is 11.9. The molecule has 3 heterocycles. The Morgan fingerprint density at radius 3 is 2.16 bits per heavy atom. The van der Waals surface area contributed by atoms with Gasteiger partial charge < -0.3 is 48.1 Å². The number of carbonyl (C=O) groups is 4. The van der Waals surface area contributed by atoms with Crippen LogP contribution in [0.25, 0.3) is 0 Å². The zero-order chi connectivity index (χ0) is 52.1. The third-order valence-electron chi connectivity index (χ3n) is 15.3. The van der Waals surface area contributed by atoms with Crippen LogP contribution in [-0.4, -0.2) is 148 Å². The maximum absolute atomic E-state index is 14.6. The lowest BCUT2D eigenvalue weighted by molar-refractivity contribution is -0.265. The molecule has 3 aliphatic heterocycles. The first kappa shape index (κ1) is 59.7. The Balaban J connectivity index is 1.72. The van der Waals surface area contributed by atoms with Gasteiger partial charge >= 0.3 is 5.97 Å². The highest BCUT2D eigenvalue weighted by Crippen LogP contribution is 2.45. The van der Waals surface area contributed by atoms with Crippen molar-refractivity contribution in [1.82, 2.24) is 4.90 Å². The average molecular weight is 1010 g/mol. The fraction of sp³-hybridized carbons (Fsp3) is 0.778. The van der Waals surface area contributed by atoms with Crippen molar-refractivity contribution in [2.24, 2.45) is 35.5 Å². The van der Waals surface area contributed by atoms with E-state index in [4.69, 9.17) is 32.9 Å². The van der Waals surface area contributed by atoms with Crippen LogP contribution in [-0.2, 0) is 56.7 Å². The summed E-state index contributed by atoms with van der Waals surface area (Å²) < 4.78 is 54.6. The van der Waals surface area contributed by atoms with Crippen molar-refractivity contribution >= 4 is 30.8 Å². The molecule has 16 heteroatoms. The van der Waals surface area contributed by atoms with Crippen molar-refractivity contribution in [3.05, 3.63) is 47.6 Å². The zero-order valence-electron chi connectivity index (χ0n) is 44.5. The van der Waals surface area contributed by atoms with Gasteiger partial charge in [-0.25, -0.2) is 4.79 Å². The standard InChI is InChI=1S/C54H88NO14P/c1-33-19-15-14-16-20-34(2)45(63-8)31-41-24-22-39(7)54(61,68-41)51(58)52(59)55-26-18-17-21-42(55)53(60)67-46(36(4)29-40-23-25-44(47(30-40)64-9)69-70(12,13)62)32-43(56)35(3)28-38(6)49(65-10)50(66-11)48(57)37(5)27-33/h14-16,19-20,28,33,35-37,39-47,49-50,56,61H,17-18,21-27,29-32H2,1-13H3/b16-14+,19-15+,34-20+,38-28+/t33-,35-,36-,37-,39-,40+,41+,42+,43?,44-,45+,46+,47-,49-,50+,54-/m1/s1. The van der Waals surface area contributed by atoms with Crippen LogP contribution in [0.4, 0.5) is 0 Å². The van der Waals surface area contributed by atoms with E-state index in [-0.39, 0.29) is 61.0 Å². The van der Waals surface area contributed by atoms with E-state index in [0.29, 0.717) is 63.4 Å². The number of hydrogen-bond acceptors (Lipinski definition) is 14. The van der Waals surface area contributed by atoms with Gasteiger partial charge in [0, 0.05) is 78.9 Å². The largest absolute Gasteiger partial charge is 0.460 e. The second-order valence-corrected chi connectivity index (χ2v) is 24.0. The first-order valence-electron chi connectivity index (χ1n) is 25.7. The average Bonchev–Trinajstić information content (AvgIpc) is 3.31. The number of Topliss-reactive ketones (excluding diaryl/α,β-unsaturated/α-hetero) is 2. The SMILES string of the molecule is CO[C@H]1C[C@@H]2CC[C@@H](C)[C@@](O)(O2)C(=O)C(=O)N2CCCC[C@H]2C(=O)O[C@H]([C@H](C)C[C@@H]2CC[C@@H](OP(C)(C)=O)[C@H](OC)C2)CC(O)[C@H](C)/C=C(\C)[C@@H](OC)[C@@H](OC)C(=O)[C@H](C)C[C@H](C)/C=C/C=C/C=C/1C. The van der Waals surface area contributed by atoms with Crippen molar-refractivity contribution < 1.29 is 66.9 Å². The number of amides is 1. The molecule has 2 N–H and O–H groups in total. The molecule has 4 rings (SSSR count). The highest BCUT2D eigenvalue weighted by Gasteiger charge is 2.53.